The molecule has 0 fully saturated rings. The van der Waals surface area contributed by atoms with Crippen LogP contribution in [0.3, 0.4) is 0 Å². The van der Waals surface area contributed by atoms with E-state index in [1.165, 1.54) is 29.6 Å². The van der Waals surface area contributed by atoms with Crippen molar-refractivity contribution in [1.29, 1.82) is 0 Å². The molecule has 0 aliphatic rings. The van der Waals surface area contributed by atoms with Crippen molar-refractivity contribution < 1.29 is 4.74 Å². The zero-order valence-corrected chi connectivity index (χ0v) is 11.6. The van der Waals surface area contributed by atoms with E-state index in [2.05, 4.69) is 29.6 Å². The van der Waals surface area contributed by atoms with Gasteiger partial charge in [-0.15, -0.1) is 0 Å². The number of hydrogen-bond donors (Lipinski definition) is 1. The first-order valence-electron chi connectivity index (χ1n) is 5.39. The molecule has 1 N–H and O–H groups in total. The molecule has 0 saturated carbocycles. The summed E-state index contributed by atoms with van der Waals surface area (Å²) < 4.78 is 10.0. The fourth-order valence-electron chi connectivity index (χ4n) is 1.10. The number of hydrogen-bond acceptors (Lipinski definition) is 9. The number of aromatic nitrogens is 5. The Morgan fingerprint density at radius 2 is 2.22 bits per heavy atom. The van der Waals surface area contributed by atoms with Gasteiger partial charge in [-0.1, -0.05) is 0 Å². The molecular weight excluding hydrogens is 272 g/mol. The highest BCUT2D eigenvalue weighted by Crippen LogP contribution is 2.26. The molecule has 2 aromatic heterocycles. The van der Waals surface area contributed by atoms with Crippen LogP contribution in [0.1, 0.15) is 13.8 Å². The van der Waals surface area contributed by atoms with Gasteiger partial charge in [-0.25, -0.2) is 4.98 Å². The van der Waals surface area contributed by atoms with Crippen molar-refractivity contribution >= 4 is 29.2 Å². The Balaban J connectivity index is 2.21. The van der Waals surface area contributed by atoms with Crippen molar-refractivity contribution in [2.45, 2.75) is 23.3 Å². The van der Waals surface area contributed by atoms with E-state index in [1.807, 2.05) is 13.8 Å². The number of nitrogens with zero attached hydrogens (tertiary/aromatic N) is 5. The molecule has 2 rings (SSSR count). The van der Waals surface area contributed by atoms with Gasteiger partial charge in [0.25, 0.3) is 0 Å². The molecule has 0 unspecified atom stereocenters. The molecule has 2 aromatic rings. The van der Waals surface area contributed by atoms with Gasteiger partial charge in [0.05, 0.1) is 6.61 Å². The third-order valence-electron chi connectivity index (χ3n) is 1.72. The Labute approximate surface area is 113 Å². The predicted molar refractivity (Wildman–Crippen MR) is 69.2 cm³/mol. The second-order valence-corrected chi connectivity index (χ2v) is 4.99. The summed E-state index contributed by atoms with van der Waals surface area (Å²) in [5.74, 6) is 0.503. The largest absolute Gasteiger partial charge is 0.464 e. The number of ether oxygens (including phenoxy) is 1. The van der Waals surface area contributed by atoms with Crippen LogP contribution in [-0.4, -0.2) is 37.5 Å². The zero-order valence-electron chi connectivity index (χ0n) is 9.95. The van der Waals surface area contributed by atoms with E-state index in [9.17, 15) is 0 Å². The van der Waals surface area contributed by atoms with Crippen LogP contribution in [0.4, 0.5) is 5.95 Å². The summed E-state index contributed by atoms with van der Waals surface area (Å²) in [7, 11) is 0. The summed E-state index contributed by atoms with van der Waals surface area (Å²) in [6.07, 6.45) is 1.50. The fraction of sp³-hybridized carbons (Fsp3) is 0.444. The van der Waals surface area contributed by atoms with Crippen LogP contribution in [-0.2, 0) is 0 Å². The Hall–Kier alpha value is -1.48. The Kier molecular flexibility index (Phi) is 4.65. The first kappa shape index (κ1) is 13.0. The van der Waals surface area contributed by atoms with E-state index in [1.54, 1.807) is 0 Å². The first-order valence-corrected chi connectivity index (χ1v) is 6.98. The highest BCUT2D eigenvalue weighted by molar-refractivity contribution is 8.00. The summed E-state index contributed by atoms with van der Waals surface area (Å²) in [4.78, 5) is 16.7. The minimum absolute atomic E-state index is 0.315. The molecule has 0 radical (unpaired) electrons. The second kappa shape index (κ2) is 6.45. The molecule has 7 nitrogen and oxygen atoms in total. The normalized spacial score (nSPS) is 10.3. The zero-order chi connectivity index (χ0) is 12.8. The van der Waals surface area contributed by atoms with Gasteiger partial charge >= 0.3 is 6.01 Å². The van der Waals surface area contributed by atoms with Gasteiger partial charge in [-0.3, -0.25) is 0 Å². The smallest absolute Gasteiger partial charge is 0.322 e. The summed E-state index contributed by atoms with van der Waals surface area (Å²) in [5.41, 5.74) is 0. The Bertz CT molecular complexity index is 468. The lowest BCUT2D eigenvalue weighted by Gasteiger charge is -2.06. The maximum atomic E-state index is 5.30. The van der Waals surface area contributed by atoms with Crippen molar-refractivity contribution in [2.24, 2.45) is 0 Å². The lowest BCUT2D eigenvalue weighted by Crippen LogP contribution is -2.07. The molecule has 0 aromatic carbocycles. The molecule has 9 heteroatoms. The second-order valence-electron chi connectivity index (χ2n) is 3.00. The number of nitrogens with one attached hydrogen (secondary N) is 1. The molecular formula is C9H12N6OS2. The third-order valence-corrected chi connectivity index (χ3v) is 3.30. The Morgan fingerprint density at radius 3 is 2.89 bits per heavy atom. The lowest BCUT2D eigenvalue weighted by molar-refractivity contribution is 0.308. The quantitative estimate of drug-likeness (QED) is 0.858. The van der Waals surface area contributed by atoms with Crippen LogP contribution in [0, 0.1) is 0 Å². The van der Waals surface area contributed by atoms with E-state index >= 15 is 0 Å². The summed E-state index contributed by atoms with van der Waals surface area (Å²) >= 11 is 2.63. The van der Waals surface area contributed by atoms with Gasteiger partial charge in [0.1, 0.15) is 6.33 Å². The van der Waals surface area contributed by atoms with E-state index < -0.39 is 0 Å². The average Bonchev–Trinajstić information content (AvgIpc) is 2.82. The molecule has 2 heterocycles. The van der Waals surface area contributed by atoms with Crippen molar-refractivity contribution in [3.8, 4) is 6.01 Å². The number of anilines is 1. The molecule has 0 saturated heterocycles. The maximum absolute atomic E-state index is 5.30. The Morgan fingerprint density at radius 1 is 1.33 bits per heavy atom. The predicted octanol–water partition coefficient (Wildman–Crippen LogP) is 1.70. The molecule has 0 atom stereocenters. The first-order chi connectivity index (χ1) is 8.81. The molecule has 0 spiro atoms. The topological polar surface area (TPSA) is 85.7 Å². The van der Waals surface area contributed by atoms with Crippen LogP contribution in [0.2, 0.25) is 0 Å². The maximum Gasteiger partial charge on any atom is 0.322 e. The average molecular weight is 284 g/mol. The minimum atomic E-state index is 0.315. The van der Waals surface area contributed by atoms with Crippen LogP contribution < -0.4 is 10.1 Å². The van der Waals surface area contributed by atoms with Crippen molar-refractivity contribution in [1.82, 2.24) is 24.3 Å². The van der Waals surface area contributed by atoms with E-state index in [-0.39, 0.29) is 0 Å². The molecule has 0 bridgehead atoms. The monoisotopic (exact) mass is 284 g/mol. The van der Waals surface area contributed by atoms with Crippen molar-refractivity contribution in [3.05, 3.63) is 6.33 Å². The van der Waals surface area contributed by atoms with E-state index in [0.717, 1.165) is 10.9 Å². The van der Waals surface area contributed by atoms with E-state index in [0.29, 0.717) is 23.7 Å². The molecule has 0 aliphatic carbocycles. The molecule has 0 aliphatic heterocycles. The van der Waals surface area contributed by atoms with Crippen molar-refractivity contribution in [2.75, 3.05) is 18.5 Å². The van der Waals surface area contributed by atoms with Crippen LogP contribution in [0.15, 0.2) is 15.8 Å². The van der Waals surface area contributed by atoms with Gasteiger partial charge in [0.2, 0.25) is 11.1 Å². The lowest BCUT2D eigenvalue weighted by atomic mass is 10.7. The van der Waals surface area contributed by atoms with Crippen LogP contribution in [0.5, 0.6) is 6.01 Å². The minimum Gasteiger partial charge on any atom is -0.464 e. The summed E-state index contributed by atoms with van der Waals surface area (Å²) in [5, 5.41) is 3.58. The SMILES string of the molecule is CCNc1nc(OCC)nc(Sc2ncns2)n1. The summed E-state index contributed by atoms with van der Waals surface area (Å²) in [6.45, 7) is 5.10. The molecule has 96 valence electrons. The standard InChI is InChI=1S/C9H12N6OS2/c1-3-10-6-13-7(16-4-2)15-8(14-6)17-9-11-5-12-18-9/h5H,3-4H2,1-2H3,(H,10,13,14,15). The van der Waals surface area contributed by atoms with Gasteiger partial charge < -0.3 is 10.1 Å². The highest BCUT2D eigenvalue weighted by atomic mass is 32.2. The van der Waals surface area contributed by atoms with Gasteiger partial charge in [-0.2, -0.15) is 19.3 Å². The van der Waals surface area contributed by atoms with Crippen molar-refractivity contribution in [3.63, 3.8) is 0 Å². The van der Waals surface area contributed by atoms with Gasteiger partial charge in [0, 0.05) is 6.54 Å². The molecule has 18 heavy (non-hydrogen) atoms. The fourth-order valence-corrected chi connectivity index (χ4v) is 2.39. The van der Waals surface area contributed by atoms with Crippen LogP contribution >= 0.6 is 23.3 Å². The van der Waals surface area contributed by atoms with Gasteiger partial charge in [0.15, 0.2) is 4.34 Å². The van der Waals surface area contributed by atoms with E-state index in [4.69, 9.17) is 4.74 Å². The highest BCUT2D eigenvalue weighted by Gasteiger charge is 2.10. The number of rotatable bonds is 6. The third kappa shape index (κ3) is 3.50. The molecule has 0 amide bonds. The summed E-state index contributed by atoms with van der Waals surface area (Å²) in [6, 6.07) is 0.315. The van der Waals surface area contributed by atoms with Crippen LogP contribution in [0.25, 0.3) is 0 Å². The van der Waals surface area contributed by atoms with Gasteiger partial charge in [-0.05, 0) is 37.1 Å².